The molecule has 13 heavy (non-hydrogen) atoms. The summed E-state index contributed by atoms with van der Waals surface area (Å²) in [5.74, 6) is -0.335. The van der Waals surface area contributed by atoms with Crippen molar-refractivity contribution < 1.29 is 4.39 Å². The van der Waals surface area contributed by atoms with Crippen LogP contribution in [-0.4, -0.2) is 4.98 Å². The molecule has 0 radical (unpaired) electrons. The minimum atomic E-state index is -0.335. The summed E-state index contributed by atoms with van der Waals surface area (Å²) >= 11 is 11.4. The number of aromatic nitrogens is 1. The number of pyridine rings is 1. The molecule has 0 unspecified atom stereocenters. The Bertz CT molecular complexity index is 470. The van der Waals surface area contributed by atoms with Crippen LogP contribution in [0.2, 0.25) is 10.2 Å². The third kappa shape index (κ3) is 1.60. The highest BCUT2D eigenvalue weighted by Gasteiger charge is 2.02. The molecule has 0 aliphatic heterocycles. The van der Waals surface area contributed by atoms with E-state index in [0.29, 0.717) is 10.5 Å². The van der Waals surface area contributed by atoms with Crippen molar-refractivity contribution >= 4 is 34.1 Å². The monoisotopic (exact) mass is 215 g/mol. The van der Waals surface area contributed by atoms with E-state index in [0.717, 1.165) is 5.39 Å². The molecule has 0 N–H and O–H groups in total. The molecule has 1 aromatic heterocycles. The zero-order valence-corrected chi connectivity index (χ0v) is 7.90. The summed E-state index contributed by atoms with van der Waals surface area (Å²) in [4.78, 5) is 3.93. The highest BCUT2D eigenvalue weighted by Crippen LogP contribution is 2.24. The Morgan fingerprint density at radius 2 is 1.92 bits per heavy atom. The van der Waals surface area contributed by atoms with Gasteiger partial charge in [0.25, 0.3) is 0 Å². The Hall–Kier alpha value is -0.860. The second-order valence-corrected chi connectivity index (χ2v) is 3.36. The topological polar surface area (TPSA) is 12.9 Å². The molecule has 0 aliphatic rings. The fourth-order valence-corrected chi connectivity index (χ4v) is 1.40. The number of rotatable bonds is 0. The lowest BCUT2D eigenvalue weighted by molar-refractivity contribution is 0.629. The van der Waals surface area contributed by atoms with Crippen LogP contribution in [-0.2, 0) is 0 Å². The zero-order chi connectivity index (χ0) is 9.42. The first kappa shape index (κ1) is 8.73. The van der Waals surface area contributed by atoms with Crippen molar-refractivity contribution in [1.29, 1.82) is 0 Å². The molecule has 1 heterocycles. The van der Waals surface area contributed by atoms with Crippen molar-refractivity contribution in [3.8, 4) is 0 Å². The lowest BCUT2D eigenvalue weighted by Gasteiger charge is -1.99. The minimum absolute atomic E-state index is 0.194. The average molecular weight is 216 g/mol. The van der Waals surface area contributed by atoms with Crippen molar-refractivity contribution in [2.45, 2.75) is 0 Å². The Kier molecular flexibility index (Phi) is 2.10. The first-order valence-corrected chi connectivity index (χ1v) is 4.34. The number of nitrogens with zero attached hydrogens (tertiary/aromatic N) is 1. The quantitative estimate of drug-likeness (QED) is 0.612. The first-order valence-electron chi connectivity index (χ1n) is 3.58. The number of halogens is 3. The summed E-state index contributed by atoms with van der Waals surface area (Å²) in [5.41, 5.74) is 0.509. The predicted octanol–water partition coefficient (Wildman–Crippen LogP) is 3.68. The minimum Gasteiger partial charge on any atom is -0.234 e. The normalized spacial score (nSPS) is 10.7. The van der Waals surface area contributed by atoms with Gasteiger partial charge in [-0.1, -0.05) is 23.2 Å². The molecule has 0 atom stereocenters. The van der Waals surface area contributed by atoms with Crippen molar-refractivity contribution in [1.82, 2.24) is 4.98 Å². The second kappa shape index (κ2) is 3.13. The standard InChI is InChI=1S/C9H4Cl2FN/c10-7-3-5-1-2-6(12)4-8(5)13-9(7)11/h1-4H. The van der Waals surface area contributed by atoms with E-state index in [4.69, 9.17) is 23.2 Å². The Labute approximate surface area is 84.1 Å². The third-order valence-electron chi connectivity index (χ3n) is 1.69. The maximum Gasteiger partial charge on any atom is 0.148 e. The Morgan fingerprint density at radius 1 is 1.15 bits per heavy atom. The van der Waals surface area contributed by atoms with E-state index in [2.05, 4.69) is 4.98 Å². The predicted molar refractivity (Wildman–Crippen MR) is 51.7 cm³/mol. The van der Waals surface area contributed by atoms with Crippen molar-refractivity contribution in [2.75, 3.05) is 0 Å². The summed E-state index contributed by atoms with van der Waals surface area (Å²) in [7, 11) is 0. The van der Waals surface area contributed by atoms with Crippen molar-refractivity contribution in [3.63, 3.8) is 0 Å². The summed E-state index contributed by atoms with van der Waals surface area (Å²) in [6.07, 6.45) is 0. The maximum atomic E-state index is 12.8. The van der Waals surface area contributed by atoms with E-state index in [1.54, 1.807) is 12.1 Å². The van der Waals surface area contributed by atoms with Gasteiger partial charge in [-0.3, -0.25) is 0 Å². The van der Waals surface area contributed by atoms with E-state index >= 15 is 0 Å². The summed E-state index contributed by atoms with van der Waals surface area (Å²) in [5, 5.41) is 1.34. The van der Waals surface area contributed by atoms with Gasteiger partial charge >= 0.3 is 0 Å². The molecule has 1 aromatic carbocycles. The van der Waals surface area contributed by atoms with Gasteiger partial charge in [-0.2, -0.15) is 0 Å². The van der Waals surface area contributed by atoms with E-state index in [1.165, 1.54) is 12.1 Å². The highest BCUT2D eigenvalue weighted by atomic mass is 35.5. The fraction of sp³-hybridized carbons (Fsp3) is 0. The zero-order valence-electron chi connectivity index (χ0n) is 6.39. The molecule has 0 saturated heterocycles. The van der Waals surface area contributed by atoms with Crippen LogP contribution in [0.5, 0.6) is 0 Å². The molecular formula is C9H4Cl2FN. The van der Waals surface area contributed by atoms with Crippen molar-refractivity contribution in [2.24, 2.45) is 0 Å². The van der Waals surface area contributed by atoms with Crippen LogP contribution < -0.4 is 0 Å². The Balaban J connectivity index is 2.81. The SMILES string of the molecule is Fc1ccc2cc(Cl)c(Cl)nc2c1. The molecule has 0 bridgehead atoms. The average Bonchev–Trinajstić information content (AvgIpc) is 2.08. The molecule has 1 nitrogen and oxygen atoms in total. The Morgan fingerprint density at radius 3 is 2.69 bits per heavy atom. The number of hydrogen-bond donors (Lipinski definition) is 0. The molecule has 66 valence electrons. The molecule has 0 aliphatic carbocycles. The van der Waals surface area contributed by atoms with Gasteiger partial charge in [0, 0.05) is 11.5 Å². The van der Waals surface area contributed by atoms with Crippen LogP contribution in [0.3, 0.4) is 0 Å². The molecule has 0 amide bonds. The van der Waals surface area contributed by atoms with Crippen LogP contribution in [0.25, 0.3) is 10.9 Å². The third-order valence-corrected chi connectivity index (χ3v) is 2.36. The van der Waals surface area contributed by atoms with Crippen LogP contribution in [0.1, 0.15) is 0 Å². The maximum absolute atomic E-state index is 12.8. The molecule has 4 heteroatoms. The van der Waals surface area contributed by atoms with Crippen LogP contribution in [0.15, 0.2) is 24.3 Å². The van der Waals surface area contributed by atoms with E-state index in [1.807, 2.05) is 0 Å². The molecule has 0 saturated carbocycles. The molecular weight excluding hydrogens is 212 g/mol. The second-order valence-electron chi connectivity index (χ2n) is 2.60. The van der Waals surface area contributed by atoms with Gasteiger partial charge in [0.2, 0.25) is 0 Å². The summed E-state index contributed by atoms with van der Waals surface area (Å²) in [6, 6.07) is 5.94. The highest BCUT2D eigenvalue weighted by molar-refractivity contribution is 6.41. The number of fused-ring (bicyclic) bond motifs is 1. The fourth-order valence-electron chi connectivity index (χ4n) is 1.09. The van der Waals surface area contributed by atoms with E-state index in [9.17, 15) is 4.39 Å². The first-order chi connectivity index (χ1) is 6.16. The van der Waals surface area contributed by atoms with Gasteiger partial charge in [-0.15, -0.1) is 0 Å². The molecule has 2 aromatic rings. The molecule has 0 spiro atoms. The lowest BCUT2D eigenvalue weighted by atomic mass is 10.2. The summed E-state index contributed by atoms with van der Waals surface area (Å²) in [6.45, 7) is 0. The number of hydrogen-bond acceptors (Lipinski definition) is 1. The van der Waals surface area contributed by atoms with Gasteiger partial charge in [0.1, 0.15) is 11.0 Å². The van der Waals surface area contributed by atoms with Crippen molar-refractivity contribution in [3.05, 3.63) is 40.3 Å². The molecule has 0 fully saturated rings. The lowest BCUT2D eigenvalue weighted by Crippen LogP contribution is -1.82. The van der Waals surface area contributed by atoms with Gasteiger partial charge < -0.3 is 0 Å². The van der Waals surface area contributed by atoms with E-state index in [-0.39, 0.29) is 11.0 Å². The van der Waals surface area contributed by atoms with Gasteiger partial charge in [0.05, 0.1) is 10.5 Å². The smallest absolute Gasteiger partial charge is 0.148 e. The summed E-state index contributed by atoms with van der Waals surface area (Å²) < 4.78 is 12.8. The van der Waals surface area contributed by atoms with Crippen LogP contribution in [0, 0.1) is 5.82 Å². The number of benzene rings is 1. The van der Waals surface area contributed by atoms with Gasteiger partial charge in [-0.25, -0.2) is 9.37 Å². The van der Waals surface area contributed by atoms with E-state index < -0.39 is 0 Å². The molecule has 2 rings (SSSR count). The van der Waals surface area contributed by atoms with Crippen LogP contribution in [0.4, 0.5) is 4.39 Å². The van der Waals surface area contributed by atoms with Gasteiger partial charge in [-0.05, 0) is 18.2 Å². The van der Waals surface area contributed by atoms with Crippen LogP contribution >= 0.6 is 23.2 Å². The largest absolute Gasteiger partial charge is 0.234 e. The van der Waals surface area contributed by atoms with Gasteiger partial charge in [0.15, 0.2) is 0 Å².